The van der Waals surface area contributed by atoms with E-state index >= 15 is 0 Å². The van der Waals surface area contributed by atoms with Crippen LogP contribution in [0, 0.1) is 0 Å². The van der Waals surface area contributed by atoms with Crippen LogP contribution < -0.4 is 0 Å². The molecule has 9 heavy (non-hydrogen) atoms. The summed E-state index contributed by atoms with van der Waals surface area (Å²) in [6.45, 7) is 7.42. The Hall–Kier alpha value is -0.170. The van der Waals surface area contributed by atoms with Gasteiger partial charge in [-0.15, -0.1) is 0 Å². The van der Waals surface area contributed by atoms with Crippen molar-refractivity contribution in [2.24, 2.45) is 0 Å². The second-order valence-corrected chi connectivity index (χ2v) is 2.49. The summed E-state index contributed by atoms with van der Waals surface area (Å²) in [5.74, 6) is 0.977. The topological polar surface area (TPSA) is 0 Å². The van der Waals surface area contributed by atoms with E-state index in [0.717, 1.165) is 17.7 Å². The molecule has 0 aliphatic carbocycles. The van der Waals surface area contributed by atoms with Crippen LogP contribution in [0.25, 0.3) is 0 Å². The molecule has 0 aliphatic heterocycles. The molecule has 0 aliphatic rings. The molecule has 0 saturated heterocycles. The lowest BCUT2D eigenvalue weighted by Crippen LogP contribution is -1.78. The van der Waals surface area contributed by atoms with Crippen LogP contribution in [-0.2, 0) is 0 Å². The molecule has 0 spiro atoms. The van der Waals surface area contributed by atoms with Gasteiger partial charge < -0.3 is 0 Å². The zero-order chi connectivity index (χ0) is 7.11. The van der Waals surface area contributed by atoms with E-state index in [0.29, 0.717) is 0 Å². The highest BCUT2D eigenvalue weighted by Crippen LogP contribution is 2.05. The van der Waals surface area contributed by atoms with Crippen LogP contribution >= 0.6 is 12.6 Å². The van der Waals surface area contributed by atoms with E-state index in [9.17, 15) is 0 Å². The van der Waals surface area contributed by atoms with Crippen molar-refractivity contribution in [2.45, 2.75) is 19.3 Å². The van der Waals surface area contributed by atoms with Crippen LogP contribution in [0.4, 0.5) is 0 Å². The molecule has 0 fully saturated rings. The molecule has 0 saturated carbocycles. The quantitative estimate of drug-likeness (QED) is 0.340. The number of hydrogen-bond donors (Lipinski definition) is 1. The predicted octanol–water partition coefficient (Wildman–Crippen LogP) is 2.83. The third-order valence-electron chi connectivity index (χ3n) is 1.19. The zero-order valence-electron chi connectivity index (χ0n) is 5.77. The fourth-order valence-electron chi connectivity index (χ4n) is 0.566. The molecular formula is C8H14S. The van der Waals surface area contributed by atoms with Gasteiger partial charge in [-0.2, -0.15) is 12.6 Å². The van der Waals surface area contributed by atoms with Gasteiger partial charge in [0.05, 0.1) is 0 Å². The van der Waals surface area contributed by atoms with Crippen LogP contribution in [0.3, 0.4) is 0 Å². The lowest BCUT2D eigenvalue weighted by Gasteiger charge is -1.95. The monoisotopic (exact) mass is 142 g/mol. The van der Waals surface area contributed by atoms with Gasteiger partial charge in [0.15, 0.2) is 0 Å². The highest BCUT2D eigenvalue weighted by Gasteiger charge is 1.86. The van der Waals surface area contributed by atoms with Crippen molar-refractivity contribution < 1.29 is 0 Å². The molecule has 52 valence electrons. The van der Waals surface area contributed by atoms with Crippen LogP contribution in [-0.4, -0.2) is 5.75 Å². The van der Waals surface area contributed by atoms with Gasteiger partial charge in [-0.3, -0.25) is 0 Å². The maximum absolute atomic E-state index is 4.10. The first-order valence-electron chi connectivity index (χ1n) is 3.22. The minimum atomic E-state index is 0.977. The Morgan fingerprint density at radius 2 is 2.11 bits per heavy atom. The maximum atomic E-state index is 4.10. The zero-order valence-corrected chi connectivity index (χ0v) is 6.66. The van der Waals surface area contributed by atoms with Crippen LogP contribution in [0.15, 0.2) is 24.8 Å². The number of hydrogen-bond acceptors (Lipinski definition) is 1. The molecule has 0 amide bonds. The Morgan fingerprint density at radius 3 is 2.56 bits per heavy atom. The number of allylic oxidation sites excluding steroid dienone is 2. The average Bonchev–Trinajstić information content (AvgIpc) is 1.89. The van der Waals surface area contributed by atoms with E-state index in [4.69, 9.17) is 0 Å². The molecule has 1 heteroatoms. The molecule has 0 aromatic carbocycles. The summed E-state index contributed by atoms with van der Waals surface area (Å²) in [6.07, 6.45) is 5.26. The summed E-state index contributed by atoms with van der Waals surface area (Å²) in [5, 5.41) is 0. The summed E-state index contributed by atoms with van der Waals surface area (Å²) in [7, 11) is 0. The Kier molecular flexibility index (Phi) is 5.85. The Bertz CT molecular complexity index is 94.7. The first-order chi connectivity index (χ1) is 4.31. The Balaban J connectivity index is 3.07. The summed E-state index contributed by atoms with van der Waals surface area (Å²) < 4.78 is 0. The molecule has 0 bridgehead atoms. The van der Waals surface area contributed by atoms with Gasteiger partial charge in [0.1, 0.15) is 0 Å². The molecule has 0 heterocycles. The van der Waals surface area contributed by atoms with E-state index in [1.807, 2.05) is 6.08 Å². The van der Waals surface area contributed by atoms with Gasteiger partial charge in [-0.1, -0.05) is 24.8 Å². The SMILES string of the molecule is C=CC(=C)CCCCS. The van der Waals surface area contributed by atoms with Crippen LogP contribution in [0.1, 0.15) is 19.3 Å². The van der Waals surface area contributed by atoms with Gasteiger partial charge in [0, 0.05) is 0 Å². The molecule has 0 N–H and O–H groups in total. The Morgan fingerprint density at radius 1 is 1.44 bits per heavy atom. The standard InChI is InChI=1S/C8H14S/c1-3-8(2)6-4-5-7-9/h3,9H,1-2,4-7H2. The van der Waals surface area contributed by atoms with E-state index in [1.54, 1.807) is 0 Å². The third kappa shape index (κ3) is 5.71. The molecule has 0 aromatic heterocycles. The van der Waals surface area contributed by atoms with Crippen molar-refractivity contribution >= 4 is 12.6 Å². The highest BCUT2D eigenvalue weighted by atomic mass is 32.1. The fourth-order valence-corrected chi connectivity index (χ4v) is 0.790. The summed E-state index contributed by atoms with van der Waals surface area (Å²) in [5.41, 5.74) is 1.14. The van der Waals surface area contributed by atoms with Crippen LogP contribution in [0.2, 0.25) is 0 Å². The lowest BCUT2D eigenvalue weighted by molar-refractivity contribution is 0.809. The molecule has 0 nitrogen and oxygen atoms in total. The number of thiol groups is 1. The molecule has 0 rings (SSSR count). The first-order valence-corrected chi connectivity index (χ1v) is 3.85. The molecule has 0 aromatic rings. The second-order valence-electron chi connectivity index (χ2n) is 2.04. The van der Waals surface area contributed by atoms with Crippen molar-refractivity contribution in [1.29, 1.82) is 0 Å². The second kappa shape index (κ2) is 5.96. The molecular weight excluding hydrogens is 128 g/mol. The van der Waals surface area contributed by atoms with Gasteiger partial charge in [0.25, 0.3) is 0 Å². The molecule has 0 atom stereocenters. The molecule has 0 radical (unpaired) electrons. The Labute approximate surface area is 63.1 Å². The van der Waals surface area contributed by atoms with Gasteiger partial charge in [-0.25, -0.2) is 0 Å². The molecule has 0 unspecified atom stereocenters. The van der Waals surface area contributed by atoms with E-state index < -0.39 is 0 Å². The predicted molar refractivity (Wildman–Crippen MR) is 47.0 cm³/mol. The van der Waals surface area contributed by atoms with Crippen molar-refractivity contribution in [3.05, 3.63) is 24.8 Å². The lowest BCUT2D eigenvalue weighted by atomic mass is 10.1. The third-order valence-corrected chi connectivity index (χ3v) is 1.51. The summed E-state index contributed by atoms with van der Waals surface area (Å²) >= 11 is 4.10. The minimum Gasteiger partial charge on any atom is -0.179 e. The van der Waals surface area contributed by atoms with Crippen molar-refractivity contribution in [2.75, 3.05) is 5.75 Å². The van der Waals surface area contributed by atoms with Crippen molar-refractivity contribution in [3.63, 3.8) is 0 Å². The van der Waals surface area contributed by atoms with Crippen molar-refractivity contribution in [3.8, 4) is 0 Å². The first kappa shape index (κ1) is 8.83. The van der Waals surface area contributed by atoms with Crippen LogP contribution in [0.5, 0.6) is 0 Å². The fraction of sp³-hybridized carbons (Fsp3) is 0.500. The average molecular weight is 142 g/mol. The van der Waals surface area contributed by atoms with Gasteiger partial charge in [-0.05, 0) is 25.0 Å². The van der Waals surface area contributed by atoms with E-state index in [1.165, 1.54) is 12.8 Å². The largest absolute Gasteiger partial charge is 0.179 e. The smallest absolute Gasteiger partial charge is 0.00978 e. The summed E-state index contributed by atoms with van der Waals surface area (Å²) in [6, 6.07) is 0. The van der Waals surface area contributed by atoms with Gasteiger partial charge >= 0.3 is 0 Å². The van der Waals surface area contributed by atoms with E-state index in [2.05, 4.69) is 25.8 Å². The van der Waals surface area contributed by atoms with Gasteiger partial charge in [0.2, 0.25) is 0 Å². The van der Waals surface area contributed by atoms with E-state index in [-0.39, 0.29) is 0 Å². The normalized spacial score (nSPS) is 9.00. The van der Waals surface area contributed by atoms with Crippen molar-refractivity contribution in [1.82, 2.24) is 0 Å². The minimum absolute atomic E-state index is 0.977. The highest BCUT2D eigenvalue weighted by molar-refractivity contribution is 7.80. The number of unbranched alkanes of at least 4 members (excludes halogenated alkanes) is 1. The summed E-state index contributed by atoms with van der Waals surface area (Å²) in [4.78, 5) is 0. The number of rotatable bonds is 5. The maximum Gasteiger partial charge on any atom is -0.00978 e.